The van der Waals surface area contributed by atoms with Crippen LogP contribution in [0.4, 0.5) is 4.39 Å². The molecular formula is C18H15FOS. The Morgan fingerprint density at radius 1 is 1.19 bits per heavy atom. The Morgan fingerprint density at radius 3 is 2.67 bits per heavy atom. The van der Waals surface area contributed by atoms with Crippen LogP contribution >= 0.6 is 11.8 Å². The maximum absolute atomic E-state index is 13.3. The molecule has 0 radical (unpaired) electrons. The van der Waals surface area contributed by atoms with Crippen molar-refractivity contribution < 1.29 is 9.18 Å². The molecule has 0 atom stereocenters. The number of aryl methyl sites for hydroxylation is 1. The van der Waals surface area contributed by atoms with E-state index < -0.39 is 0 Å². The molecule has 0 saturated carbocycles. The monoisotopic (exact) mass is 298 g/mol. The van der Waals surface area contributed by atoms with E-state index in [1.807, 2.05) is 18.2 Å². The van der Waals surface area contributed by atoms with Crippen LogP contribution in [-0.4, -0.2) is 11.5 Å². The zero-order valence-corrected chi connectivity index (χ0v) is 12.5. The molecule has 0 aromatic heterocycles. The van der Waals surface area contributed by atoms with E-state index in [-0.39, 0.29) is 11.6 Å². The highest BCUT2D eigenvalue weighted by Gasteiger charge is 2.22. The lowest BCUT2D eigenvalue weighted by atomic mass is 10.0. The molecule has 0 N–H and O–H groups in total. The standard InChI is InChI=1S/C18H15FOS/c1-2-12-3-5-13(6-4-12)9-14-11-21-17-8-7-15(19)10-16(17)18(14)20/h3-10H,2,11H2,1H3/b14-9-. The summed E-state index contributed by atoms with van der Waals surface area (Å²) in [5.41, 5.74) is 3.48. The molecule has 0 spiro atoms. The number of hydrogen-bond donors (Lipinski definition) is 0. The van der Waals surface area contributed by atoms with Crippen molar-refractivity contribution in [2.75, 3.05) is 5.75 Å². The van der Waals surface area contributed by atoms with Gasteiger partial charge in [0.25, 0.3) is 0 Å². The van der Waals surface area contributed by atoms with E-state index in [1.54, 1.807) is 17.8 Å². The van der Waals surface area contributed by atoms with E-state index in [4.69, 9.17) is 0 Å². The van der Waals surface area contributed by atoms with Gasteiger partial charge < -0.3 is 0 Å². The van der Waals surface area contributed by atoms with E-state index in [2.05, 4.69) is 19.1 Å². The van der Waals surface area contributed by atoms with Gasteiger partial charge in [-0.25, -0.2) is 4.39 Å². The molecule has 1 aliphatic rings. The fourth-order valence-electron chi connectivity index (χ4n) is 2.36. The molecule has 0 fully saturated rings. The lowest BCUT2D eigenvalue weighted by molar-refractivity contribution is 0.103. The third-order valence-electron chi connectivity index (χ3n) is 3.59. The number of carbonyl (C=O) groups is 1. The maximum Gasteiger partial charge on any atom is 0.191 e. The molecule has 3 heteroatoms. The van der Waals surface area contributed by atoms with E-state index in [1.165, 1.54) is 17.7 Å². The smallest absolute Gasteiger partial charge is 0.191 e. The first-order chi connectivity index (χ1) is 10.2. The van der Waals surface area contributed by atoms with Gasteiger partial charge in [-0.2, -0.15) is 0 Å². The average molecular weight is 298 g/mol. The van der Waals surface area contributed by atoms with Gasteiger partial charge in [0.1, 0.15) is 5.82 Å². The number of thioether (sulfide) groups is 1. The van der Waals surface area contributed by atoms with Crippen molar-refractivity contribution in [1.29, 1.82) is 0 Å². The number of fused-ring (bicyclic) bond motifs is 1. The maximum atomic E-state index is 13.3. The Bertz CT molecular complexity index is 716. The normalized spacial score (nSPS) is 16.1. The summed E-state index contributed by atoms with van der Waals surface area (Å²) in [5.74, 6) is 0.201. The summed E-state index contributed by atoms with van der Waals surface area (Å²) in [7, 11) is 0. The average Bonchev–Trinajstić information content (AvgIpc) is 2.51. The van der Waals surface area contributed by atoms with Crippen molar-refractivity contribution in [3.8, 4) is 0 Å². The minimum atomic E-state index is -0.365. The third kappa shape index (κ3) is 2.93. The molecule has 106 valence electrons. The van der Waals surface area contributed by atoms with Crippen LogP contribution in [-0.2, 0) is 6.42 Å². The zero-order chi connectivity index (χ0) is 14.8. The van der Waals surface area contributed by atoms with Gasteiger partial charge in [0.15, 0.2) is 5.78 Å². The first-order valence-electron chi connectivity index (χ1n) is 6.94. The van der Waals surface area contributed by atoms with E-state index in [0.29, 0.717) is 11.3 Å². The molecule has 0 bridgehead atoms. The van der Waals surface area contributed by atoms with Crippen LogP contribution in [0.15, 0.2) is 52.9 Å². The van der Waals surface area contributed by atoms with Gasteiger partial charge in [-0.1, -0.05) is 31.2 Å². The fraction of sp³-hybridized carbons (Fsp3) is 0.167. The van der Waals surface area contributed by atoms with E-state index in [0.717, 1.165) is 22.5 Å². The van der Waals surface area contributed by atoms with Crippen molar-refractivity contribution in [3.63, 3.8) is 0 Å². The Labute approximate surface area is 127 Å². The molecule has 0 unspecified atom stereocenters. The predicted octanol–water partition coefficient (Wildman–Crippen LogP) is 4.76. The minimum absolute atomic E-state index is 0.0668. The van der Waals surface area contributed by atoms with Gasteiger partial charge in [-0.3, -0.25) is 4.79 Å². The number of hydrogen-bond acceptors (Lipinski definition) is 2. The second-order valence-electron chi connectivity index (χ2n) is 5.02. The van der Waals surface area contributed by atoms with Crippen LogP contribution in [0, 0.1) is 5.82 Å². The highest BCUT2D eigenvalue weighted by molar-refractivity contribution is 7.99. The summed E-state index contributed by atoms with van der Waals surface area (Å²) in [6.45, 7) is 2.11. The highest BCUT2D eigenvalue weighted by Crippen LogP contribution is 2.33. The van der Waals surface area contributed by atoms with Crippen LogP contribution in [0.25, 0.3) is 6.08 Å². The Morgan fingerprint density at radius 2 is 1.95 bits per heavy atom. The van der Waals surface area contributed by atoms with Crippen LogP contribution in [0.5, 0.6) is 0 Å². The Kier molecular flexibility index (Phi) is 3.93. The van der Waals surface area contributed by atoms with Crippen LogP contribution < -0.4 is 0 Å². The van der Waals surface area contributed by atoms with Crippen molar-refractivity contribution in [2.45, 2.75) is 18.2 Å². The molecule has 3 rings (SSSR count). The van der Waals surface area contributed by atoms with Crippen molar-refractivity contribution >= 4 is 23.6 Å². The van der Waals surface area contributed by atoms with Gasteiger partial charge in [0.2, 0.25) is 0 Å². The highest BCUT2D eigenvalue weighted by atomic mass is 32.2. The number of carbonyl (C=O) groups excluding carboxylic acids is 1. The van der Waals surface area contributed by atoms with Crippen molar-refractivity contribution in [1.82, 2.24) is 0 Å². The first-order valence-corrected chi connectivity index (χ1v) is 7.92. The summed E-state index contributed by atoms with van der Waals surface area (Å²) in [5, 5.41) is 0. The predicted molar refractivity (Wildman–Crippen MR) is 85.3 cm³/mol. The van der Waals surface area contributed by atoms with Gasteiger partial charge >= 0.3 is 0 Å². The lowest BCUT2D eigenvalue weighted by Crippen LogP contribution is -2.12. The first kappa shape index (κ1) is 14.1. The number of halogens is 1. The number of rotatable bonds is 2. The SMILES string of the molecule is CCc1ccc(/C=C2/CSc3ccc(F)cc3C2=O)cc1. The molecule has 0 aliphatic carbocycles. The molecule has 1 heterocycles. The van der Waals surface area contributed by atoms with Crippen molar-refractivity contribution in [2.24, 2.45) is 0 Å². The van der Waals surface area contributed by atoms with E-state index >= 15 is 0 Å². The van der Waals surface area contributed by atoms with Gasteiger partial charge in [0.05, 0.1) is 0 Å². The molecule has 0 amide bonds. The summed E-state index contributed by atoms with van der Waals surface area (Å²) in [6, 6.07) is 12.6. The number of benzene rings is 2. The third-order valence-corrected chi connectivity index (χ3v) is 4.71. The molecule has 21 heavy (non-hydrogen) atoms. The van der Waals surface area contributed by atoms with Crippen LogP contribution in [0.3, 0.4) is 0 Å². The lowest BCUT2D eigenvalue weighted by Gasteiger charge is -2.17. The summed E-state index contributed by atoms with van der Waals surface area (Å²) in [4.78, 5) is 13.3. The number of ketones is 1. The van der Waals surface area contributed by atoms with Crippen LogP contribution in [0.2, 0.25) is 0 Å². The molecule has 2 aromatic carbocycles. The van der Waals surface area contributed by atoms with Gasteiger partial charge in [-0.05, 0) is 41.8 Å². The topological polar surface area (TPSA) is 17.1 Å². The second kappa shape index (κ2) is 5.86. The van der Waals surface area contributed by atoms with E-state index in [9.17, 15) is 9.18 Å². The molecule has 2 aromatic rings. The van der Waals surface area contributed by atoms with Crippen LogP contribution in [0.1, 0.15) is 28.4 Å². The van der Waals surface area contributed by atoms with Gasteiger partial charge in [-0.15, -0.1) is 11.8 Å². The second-order valence-corrected chi connectivity index (χ2v) is 6.04. The quantitative estimate of drug-likeness (QED) is 0.744. The summed E-state index contributed by atoms with van der Waals surface area (Å²) in [6.07, 6.45) is 2.90. The molecule has 0 saturated heterocycles. The largest absolute Gasteiger partial charge is 0.289 e. The molecule has 1 aliphatic heterocycles. The molecule has 1 nitrogen and oxygen atoms in total. The summed E-state index contributed by atoms with van der Waals surface area (Å²) >= 11 is 1.58. The minimum Gasteiger partial charge on any atom is -0.289 e. The van der Waals surface area contributed by atoms with Crippen molar-refractivity contribution in [3.05, 3.63) is 70.5 Å². The number of Topliss-reactive ketones (excluding diaryl/α,β-unsaturated/α-hetero) is 1. The summed E-state index contributed by atoms with van der Waals surface area (Å²) < 4.78 is 13.3. The fourth-order valence-corrected chi connectivity index (χ4v) is 3.35. The van der Waals surface area contributed by atoms with Gasteiger partial charge in [0, 0.05) is 21.8 Å². The Hall–Kier alpha value is -1.87. The zero-order valence-electron chi connectivity index (χ0n) is 11.7. The Balaban J connectivity index is 1.93. The molecular weight excluding hydrogens is 283 g/mol.